The summed E-state index contributed by atoms with van der Waals surface area (Å²) in [6.45, 7) is 0. The van der Waals surface area contributed by atoms with Crippen molar-refractivity contribution in [2.24, 2.45) is 0 Å². The molecule has 60 valence electrons. The van der Waals surface area contributed by atoms with Gasteiger partial charge in [-0.15, -0.1) is 0 Å². The van der Waals surface area contributed by atoms with Crippen LogP contribution in [0.25, 0.3) is 0 Å². The molecule has 11 heavy (non-hydrogen) atoms. The molecule has 3 nitrogen and oxygen atoms in total. The molecule has 0 unspecified atom stereocenters. The highest BCUT2D eigenvalue weighted by Gasteiger charge is 1.95. The molecule has 0 heterocycles. The van der Waals surface area contributed by atoms with Gasteiger partial charge in [0.15, 0.2) is 0 Å². The van der Waals surface area contributed by atoms with Gasteiger partial charge in [-0.25, -0.2) is 0 Å². The molecule has 0 saturated carbocycles. The molecule has 0 bridgehead atoms. The Morgan fingerprint density at radius 1 is 1.27 bits per heavy atom. The molecular formula is C6H4ClO3P-2. The van der Waals surface area contributed by atoms with E-state index in [1.165, 1.54) is 6.07 Å². The zero-order valence-corrected chi connectivity index (χ0v) is 7.01. The van der Waals surface area contributed by atoms with E-state index in [9.17, 15) is 9.79 Å². The van der Waals surface area contributed by atoms with Gasteiger partial charge in [-0.2, -0.15) is 0 Å². The van der Waals surface area contributed by atoms with Crippen LogP contribution in [0, 0.1) is 0 Å². The van der Waals surface area contributed by atoms with E-state index in [0.29, 0.717) is 0 Å². The highest BCUT2D eigenvalue weighted by atomic mass is 35.5. The van der Waals surface area contributed by atoms with Crippen LogP contribution in [0.2, 0.25) is 5.02 Å². The molecule has 0 atom stereocenters. The molecule has 0 aliphatic rings. The van der Waals surface area contributed by atoms with Crippen LogP contribution in [0.15, 0.2) is 24.3 Å². The fourth-order valence-corrected chi connectivity index (χ4v) is 1.15. The van der Waals surface area contributed by atoms with Gasteiger partial charge in [0, 0.05) is 0 Å². The molecule has 1 aromatic rings. The van der Waals surface area contributed by atoms with Crippen molar-refractivity contribution in [3.8, 4) is 5.75 Å². The largest absolute Gasteiger partial charge is 0.810 e. The molecule has 0 aliphatic carbocycles. The van der Waals surface area contributed by atoms with Crippen molar-refractivity contribution < 1.29 is 14.3 Å². The van der Waals surface area contributed by atoms with Crippen molar-refractivity contribution in [1.29, 1.82) is 0 Å². The third kappa shape index (κ3) is 2.64. The van der Waals surface area contributed by atoms with E-state index in [1.54, 1.807) is 18.2 Å². The van der Waals surface area contributed by atoms with Crippen LogP contribution in [0.4, 0.5) is 0 Å². The lowest BCUT2D eigenvalue weighted by molar-refractivity contribution is -0.310. The molecule has 0 aliphatic heterocycles. The molecular weight excluding hydrogens is 186 g/mol. The zero-order chi connectivity index (χ0) is 8.27. The molecule has 0 amide bonds. The minimum atomic E-state index is -2.88. The van der Waals surface area contributed by atoms with Crippen LogP contribution in [-0.4, -0.2) is 0 Å². The van der Waals surface area contributed by atoms with Crippen LogP contribution in [0.1, 0.15) is 0 Å². The van der Waals surface area contributed by atoms with Gasteiger partial charge in [0.05, 0.1) is 5.02 Å². The molecule has 5 heteroatoms. The minimum absolute atomic E-state index is 0.158. The number of hydrogen-bond donors (Lipinski definition) is 0. The van der Waals surface area contributed by atoms with E-state index in [-0.39, 0.29) is 10.8 Å². The topological polar surface area (TPSA) is 55.3 Å². The molecule has 0 aromatic heterocycles. The van der Waals surface area contributed by atoms with Crippen LogP contribution in [0.3, 0.4) is 0 Å². The van der Waals surface area contributed by atoms with Crippen LogP contribution >= 0.6 is 20.2 Å². The first kappa shape index (κ1) is 8.75. The number of para-hydroxylation sites is 1. The van der Waals surface area contributed by atoms with E-state index in [4.69, 9.17) is 11.6 Å². The third-order valence-corrected chi connectivity index (χ3v) is 1.67. The van der Waals surface area contributed by atoms with Crippen molar-refractivity contribution in [2.45, 2.75) is 0 Å². The maximum Gasteiger partial charge on any atom is 0.138 e. The summed E-state index contributed by atoms with van der Waals surface area (Å²) in [5.74, 6) is 0.158. The molecule has 0 saturated heterocycles. The first-order valence-electron chi connectivity index (χ1n) is 2.77. The van der Waals surface area contributed by atoms with Gasteiger partial charge in [0.1, 0.15) is 5.75 Å². The molecule has 0 spiro atoms. The first-order valence-corrected chi connectivity index (χ1v) is 4.24. The summed E-state index contributed by atoms with van der Waals surface area (Å²) in [4.78, 5) is 20.2. The second-order valence-electron chi connectivity index (χ2n) is 1.75. The van der Waals surface area contributed by atoms with E-state index in [2.05, 4.69) is 4.52 Å². The average molecular weight is 191 g/mol. The predicted octanol–water partition coefficient (Wildman–Crippen LogP) is 0.666. The highest BCUT2D eigenvalue weighted by molar-refractivity contribution is 7.36. The van der Waals surface area contributed by atoms with Crippen LogP contribution < -0.4 is 14.3 Å². The third-order valence-electron chi connectivity index (χ3n) is 1.01. The van der Waals surface area contributed by atoms with Gasteiger partial charge in [-0.05, 0) is 12.1 Å². The molecule has 1 aromatic carbocycles. The lowest BCUT2D eigenvalue weighted by Gasteiger charge is -2.29. The Bertz CT molecular complexity index is 241. The number of hydrogen-bond acceptors (Lipinski definition) is 3. The summed E-state index contributed by atoms with van der Waals surface area (Å²) in [5.41, 5.74) is 0. The quantitative estimate of drug-likeness (QED) is 0.644. The Kier molecular flexibility index (Phi) is 3.09. The summed E-state index contributed by atoms with van der Waals surface area (Å²) in [5, 5.41) is 0.284. The van der Waals surface area contributed by atoms with Gasteiger partial charge in [0.25, 0.3) is 0 Å². The summed E-state index contributed by atoms with van der Waals surface area (Å²) in [6, 6.07) is 6.36. The summed E-state index contributed by atoms with van der Waals surface area (Å²) in [7, 11) is -2.88. The Morgan fingerprint density at radius 3 is 2.45 bits per heavy atom. The number of halogens is 1. The summed E-state index contributed by atoms with van der Waals surface area (Å²) >= 11 is 5.58. The predicted molar refractivity (Wildman–Crippen MR) is 39.0 cm³/mol. The standard InChI is InChI=1S/C6H4ClO3P/c7-5-3-1-2-4-6(5)10-11(8)9/h1-4H/q-2. The van der Waals surface area contributed by atoms with Crippen molar-refractivity contribution >= 4 is 20.2 Å². The lowest BCUT2D eigenvalue weighted by atomic mass is 10.3. The van der Waals surface area contributed by atoms with Gasteiger partial charge in [-0.3, -0.25) is 0 Å². The molecule has 1 rings (SSSR count). The summed E-state index contributed by atoms with van der Waals surface area (Å²) in [6.07, 6.45) is 0. The highest BCUT2D eigenvalue weighted by Crippen LogP contribution is 2.29. The van der Waals surface area contributed by atoms with E-state index in [1.807, 2.05) is 0 Å². The SMILES string of the molecule is [O-]P([O-])Oc1ccccc1Cl. The van der Waals surface area contributed by atoms with Gasteiger partial charge < -0.3 is 14.3 Å². The fraction of sp³-hybridized carbons (Fsp3) is 0. The monoisotopic (exact) mass is 190 g/mol. The first-order chi connectivity index (χ1) is 5.20. The van der Waals surface area contributed by atoms with E-state index >= 15 is 0 Å². The number of rotatable bonds is 2. The van der Waals surface area contributed by atoms with Gasteiger partial charge in [-0.1, -0.05) is 32.3 Å². The fourth-order valence-electron chi connectivity index (χ4n) is 0.599. The van der Waals surface area contributed by atoms with Crippen molar-refractivity contribution in [3.63, 3.8) is 0 Å². The van der Waals surface area contributed by atoms with E-state index in [0.717, 1.165) is 0 Å². The lowest BCUT2D eigenvalue weighted by Crippen LogP contribution is -2.12. The Balaban J connectivity index is 2.78. The second kappa shape index (κ2) is 3.88. The smallest absolute Gasteiger partial charge is 0.138 e. The normalized spacial score (nSPS) is 10.2. The Morgan fingerprint density at radius 2 is 1.91 bits per heavy atom. The maximum absolute atomic E-state index is 10.1. The van der Waals surface area contributed by atoms with Gasteiger partial charge >= 0.3 is 0 Å². The van der Waals surface area contributed by atoms with E-state index < -0.39 is 8.60 Å². The number of benzene rings is 1. The Hall–Kier alpha value is -0.340. The molecule has 0 N–H and O–H groups in total. The average Bonchev–Trinajstić information content (AvgIpc) is 1.93. The molecule has 0 radical (unpaired) electrons. The second-order valence-corrected chi connectivity index (χ2v) is 2.78. The zero-order valence-electron chi connectivity index (χ0n) is 5.36. The van der Waals surface area contributed by atoms with Crippen LogP contribution in [0.5, 0.6) is 5.75 Å². The van der Waals surface area contributed by atoms with Crippen LogP contribution in [-0.2, 0) is 0 Å². The van der Waals surface area contributed by atoms with Crippen molar-refractivity contribution in [1.82, 2.24) is 0 Å². The van der Waals surface area contributed by atoms with Gasteiger partial charge in [0.2, 0.25) is 0 Å². The van der Waals surface area contributed by atoms with Crippen molar-refractivity contribution in [3.05, 3.63) is 29.3 Å². The molecule has 0 fully saturated rings. The maximum atomic E-state index is 10.1. The Labute approximate surface area is 70.2 Å². The minimum Gasteiger partial charge on any atom is -0.810 e. The van der Waals surface area contributed by atoms with Crippen molar-refractivity contribution in [2.75, 3.05) is 0 Å². The summed E-state index contributed by atoms with van der Waals surface area (Å²) < 4.78 is 4.37.